The van der Waals surface area contributed by atoms with E-state index in [0.29, 0.717) is 36.6 Å². The lowest BCUT2D eigenvalue weighted by Crippen LogP contribution is -2.49. The average Bonchev–Trinajstić information content (AvgIpc) is 3.11. The third-order valence-electron chi connectivity index (χ3n) is 5.43. The Balaban J connectivity index is 1.68. The maximum Gasteiger partial charge on any atom is 0.408 e. The lowest BCUT2D eigenvalue weighted by molar-refractivity contribution is -0.149. The first-order valence-electron chi connectivity index (χ1n) is 9.80. The summed E-state index contributed by atoms with van der Waals surface area (Å²) in [6.45, 7) is 3.94. The Morgan fingerprint density at radius 2 is 2.06 bits per heavy atom. The lowest BCUT2D eigenvalue weighted by atomic mass is 10.1. The van der Waals surface area contributed by atoms with Crippen molar-refractivity contribution in [1.82, 2.24) is 15.3 Å². The molecule has 2 aliphatic rings. The van der Waals surface area contributed by atoms with E-state index in [-0.39, 0.29) is 17.6 Å². The molecule has 0 saturated carbocycles. The molecular weight excluding hydrogens is 413 g/mol. The fourth-order valence-corrected chi connectivity index (χ4v) is 3.87. The molecule has 2 aromatic rings. The number of aryl methyl sites for hydroxylation is 1. The lowest BCUT2D eigenvalue weighted by Gasteiger charge is -2.36. The number of alkyl halides is 3. The Bertz CT molecular complexity index is 1010. The van der Waals surface area contributed by atoms with E-state index >= 15 is 0 Å². The van der Waals surface area contributed by atoms with Crippen LogP contribution in [0.2, 0.25) is 0 Å². The number of nitrogens with zero attached hydrogens (tertiary/aromatic N) is 4. The second kappa shape index (κ2) is 7.71. The van der Waals surface area contributed by atoms with Crippen molar-refractivity contribution in [2.24, 2.45) is 0 Å². The largest absolute Gasteiger partial charge is 0.408 e. The minimum atomic E-state index is -4.57. The summed E-state index contributed by atoms with van der Waals surface area (Å²) in [5.41, 5.74) is 1.18. The second-order valence-electron chi connectivity index (χ2n) is 7.64. The van der Waals surface area contributed by atoms with Gasteiger partial charge in [0.25, 0.3) is 5.91 Å². The molecule has 4 rings (SSSR count). The second-order valence-corrected chi connectivity index (χ2v) is 7.64. The predicted molar refractivity (Wildman–Crippen MR) is 108 cm³/mol. The number of amides is 3. The van der Waals surface area contributed by atoms with Gasteiger partial charge < -0.3 is 10.2 Å². The van der Waals surface area contributed by atoms with Gasteiger partial charge in [-0.25, -0.2) is 14.8 Å². The standard InChI is InChI=1S/C20H21F3N6O2/c1-11-9-14(18(30)25-12(2)20(21,22)23)26-17-16(11)28-8-6-13(10-28)29(17)19(31)27-15-5-3-4-7-24-15/h3-5,7,9,12-13H,6,8,10H2,1-2H3,(H,25,30)(H,24,27,31). The normalized spacial score (nSPS) is 18.4. The van der Waals surface area contributed by atoms with Crippen LogP contribution in [0.5, 0.6) is 0 Å². The summed E-state index contributed by atoms with van der Waals surface area (Å²) < 4.78 is 38.6. The fraction of sp³-hybridized carbons (Fsp3) is 0.400. The zero-order valence-corrected chi connectivity index (χ0v) is 16.9. The maximum absolute atomic E-state index is 13.1. The molecule has 4 heterocycles. The molecule has 2 aliphatic heterocycles. The third-order valence-corrected chi connectivity index (χ3v) is 5.43. The summed E-state index contributed by atoms with van der Waals surface area (Å²) in [6, 6.07) is 3.89. The van der Waals surface area contributed by atoms with Crippen LogP contribution in [0, 0.1) is 6.92 Å². The Morgan fingerprint density at radius 1 is 1.29 bits per heavy atom. The van der Waals surface area contributed by atoms with Gasteiger partial charge in [-0.2, -0.15) is 13.2 Å². The van der Waals surface area contributed by atoms with E-state index in [1.165, 1.54) is 11.0 Å². The van der Waals surface area contributed by atoms with E-state index in [1.54, 1.807) is 31.3 Å². The van der Waals surface area contributed by atoms with Crippen molar-refractivity contribution in [3.05, 3.63) is 41.7 Å². The number of fused-ring (bicyclic) bond motifs is 4. The highest BCUT2D eigenvalue weighted by molar-refractivity contribution is 6.05. The SMILES string of the molecule is Cc1cc(C(=O)NC(C)C(F)(F)F)nc2c1N1CCC(C1)N2C(=O)Nc1ccccn1. The minimum absolute atomic E-state index is 0.171. The Hall–Kier alpha value is -3.37. The number of anilines is 3. The van der Waals surface area contributed by atoms with Gasteiger partial charge in [-0.1, -0.05) is 6.07 Å². The highest BCUT2D eigenvalue weighted by Crippen LogP contribution is 2.41. The van der Waals surface area contributed by atoms with Gasteiger partial charge in [0.15, 0.2) is 5.82 Å². The molecule has 0 aliphatic carbocycles. The molecule has 0 spiro atoms. The van der Waals surface area contributed by atoms with Crippen molar-refractivity contribution in [3.63, 3.8) is 0 Å². The molecule has 2 unspecified atom stereocenters. The molecule has 1 saturated heterocycles. The van der Waals surface area contributed by atoms with Crippen LogP contribution < -0.4 is 20.4 Å². The fourth-order valence-electron chi connectivity index (χ4n) is 3.87. The number of carbonyl (C=O) groups excluding carboxylic acids is 2. The Labute approximate surface area is 176 Å². The van der Waals surface area contributed by atoms with Crippen molar-refractivity contribution in [2.45, 2.75) is 38.5 Å². The van der Waals surface area contributed by atoms with Crippen molar-refractivity contribution < 1.29 is 22.8 Å². The van der Waals surface area contributed by atoms with Crippen LogP contribution in [0.15, 0.2) is 30.5 Å². The van der Waals surface area contributed by atoms with Crippen molar-refractivity contribution in [1.29, 1.82) is 0 Å². The van der Waals surface area contributed by atoms with Gasteiger partial charge in [0, 0.05) is 19.3 Å². The molecule has 164 valence electrons. The first-order valence-corrected chi connectivity index (χ1v) is 9.80. The van der Waals surface area contributed by atoms with Gasteiger partial charge in [-0.3, -0.25) is 15.0 Å². The molecular formula is C20H21F3N6O2. The van der Waals surface area contributed by atoms with E-state index in [2.05, 4.69) is 20.2 Å². The maximum atomic E-state index is 13.1. The first kappa shape index (κ1) is 20.9. The van der Waals surface area contributed by atoms with Gasteiger partial charge in [-0.05, 0) is 44.0 Å². The smallest absolute Gasteiger partial charge is 0.366 e. The average molecular weight is 434 g/mol. The van der Waals surface area contributed by atoms with Crippen molar-refractivity contribution in [3.8, 4) is 0 Å². The van der Waals surface area contributed by atoms with Crippen LogP contribution in [0.4, 0.5) is 35.3 Å². The third kappa shape index (κ3) is 3.99. The topological polar surface area (TPSA) is 90.5 Å². The number of pyridine rings is 2. The molecule has 8 nitrogen and oxygen atoms in total. The van der Waals surface area contributed by atoms with E-state index in [4.69, 9.17) is 0 Å². The molecule has 3 amide bonds. The van der Waals surface area contributed by atoms with Crippen LogP contribution in [0.25, 0.3) is 0 Å². The van der Waals surface area contributed by atoms with Gasteiger partial charge in [-0.15, -0.1) is 0 Å². The quantitative estimate of drug-likeness (QED) is 0.775. The van der Waals surface area contributed by atoms with Gasteiger partial charge in [0.05, 0.1) is 11.7 Å². The first-order chi connectivity index (χ1) is 14.6. The highest BCUT2D eigenvalue weighted by Gasteiger charge is 2.42. The van der Waals surface area contributed by atoms with Gasteiger partial charge in [0.1, 0.15) is 17.6 Å². The van der Waals surface area contributed by atoms with E-state index < -0.39 is 24.2 Å². The number of nitrogens with one attached hydrogen (secondary N) is 2. The summed E-state index contributed by atoms with van der Waals surface area (Å²) in [6.07, 6.45) is -2.32. The summed E-state index contributed by atoms with van der Waals surface area (Å²) >= 11 is 0. The summed E-state index contributed by atoms with van der Waals surface area (Å²) in [5.74, 6) is -0.333. The minimum Gasteiger partial charge on any atom is -0.366 e. The number of rotatable bonds is 3. The molecule has 0 aromatic carbocycles. The molecule has 2 atom stereocenters. The number of halogens is 3. The van der Waals surface area contributed by atoms with Crippen LogP contribution >= 0.6 is 0 Å². The Kier molecular flexibility index (Phi) is 5.19. The number of urea groups is 1. The van der Waals surface area contributed by atoms with Crippen LogP contribution in [-0.4, -0.2) is 53.3 Å². The summed E-state index contributed by atoms with van der Waals surface area (Å²) in [7, 11) is 0. The van der Waals surface area contributed by atoms with E-state index in [0.717, 1.165) is 6.92 Å². The van der Waals surface area contributed by atoms with E-state index in [1.807, 2.05) is 5.32 Å². The molecule has 0 radical (unpaired) electrons. The number of hydrogen-bond donors (Lipinski definition) is 2. The van der Waals surface area contributed by atoms with Crippen LogP contribution in [0.3, 0.4) is 0 Å². The molecule has 31 heavy (non-hydrogen) atoms. The highest BCUT2D eigenvalue weighted by atomic mass is 19.4. The molecule has 1 fully saturated rings. The molecule has 11 heteroatoms. The summed E-state index contributed by atoms with van der Waals surface area (Å²) in [4.78, 5) is 37.5. The van der Waals surface area contributed by atoms with Gasteiger partial charge >= 0.3 is 12.2 Å². The number of hydrogen-bond acceptors (Lipinski definition) is 5. The molecule has 2 bridgehead atoms. The molecule has 2 aromatic heterocycles. The zero-order valence-electron chi connectivity index (χ0n) is 16.9. The number of carbonyl (C=O) groups is 2. The van der Waals surface area contributed by atoms with Gasteiger partial charge in [0.2, 0.25) is 0 Å². The molecule has 2 N–H and O–H groups in total. The van der Waals surface area contributed by atoms with Crippen molar-refractivity contribution in [2.75, 3.05) is 28.2 Å². The summed E-state index contributed by atoms with van der Waals surface area (Å²) in [5, 5.41) is 4.65. The van der Waals surface area contributed by atoms with E-state index in [9.17, 15) is 22.8 Å². The van der Waals surface area contributed by atoms with Crippen LogP contribution in [-0.2, 0) is 0 Å². The van der Waals surface area contributed by atoms with Crippen LogP contribution in [0.1, 0.15) is 29.4 Å². The zero-order chi connectivity index (χ0) is 22.3. The monoisotopic (exact) mass is 434 g/mol. The number of aromatic nitrogens is 2. The van der Waals surface area contributed by atoms with Crippen molar-refractivity contribution >= 4 is 29.3 Å². The Morgan fingerprint density at radius 3 is 2.74 bits per heavy atom. The predicted octanol–water partition coefficient (Wildman–Crippen LogP) is 3.10.